The molecule has 1 aromatic rings. The maximum absolute atomic E-state index is 11.5. The van der Waals surface area contributed by atoms with Crippen LogP contribution in [0.2, 0.25) is 0 Å². The van der Waals surface area contributed by atoms with Crippen molar-refractivity contribution in [3.8, 4) is 0 Å². The minimum absolute atomic E-state index is 0.135. The van der Waals surface area contributed by atoms with Crippen LogP contribution in [0.15, 0.2) is 31.1 Å². The highest BCUT2D eigenvalue weighted by atomic mass is 16.1. The van der Waals surface area contributed by atoms with Crippen molar-refractivity contribution in [2.45, 2.75) is 19.8 Å². The van der Waals surface area contributed by atoms with Gasteiger partial charge in [-0.05, 0) is 25.0 Å². The second kappa shape index (κ2) is 4.55. The van der Waals surface area contributed by atoms with Gasteiger partial charge in [0.15, 0.2) is 5.78 Å². The third-order valence-corrected chi connectivity index (χ3v) is 1.77. The van der Waals surface area contributed by atoms with Gasteiger partial charge in [0.2, 0.25) is 0 Å². The van der Waals surface area contributed by atoms with Gasteiger partial charge in [-0.25, -0.2) is 0 Å². The van der Waals surface area contributed by atoms with Gasteiger partial charge in [-0.1, -0.05) is 6.08 Å². The van der Waals surface area contributed by atoms with Gasteiger partial charge in [-0.15, -0.1) is 6.58 Å². The molecule has 1 heterocycles. The van der Waals surface area contributed by atoms with Crippen molar-refractivity contribution in [2.75, 3.05) is 0 Å². The highest BCUT2D eigenvalue weighted by Gasteiger charge is 2.04. The number of carbonyl (C=O) groups is 1. The van der Waals surface area contributed by atoms with Crippen LogP contribution in [0.4, 0.5) is 0 Å². The summed E-state index contributed by atoms with van der Waals surface area (Å²) in [6.07, 6.45) is 6.35. The van der Waals surface area contributed by atoms with Crippen molar-refractivity contribution in [3.63, 3.8) is 0 Å². The molecule has 2 heteroatoms. The second-order valence-corrected chi connectivity index (χ2v) is 3.00. The zero-order chi connectivity index (χ0) is 9.68. The maximum atomic E-state index is 11.5. The Morgan fingerprint density at radius 1 is 1.62 bits per heavy atom. The normalized spacial score (nSPS) is 9.62. The van der Waals surface area contributed by atoms with Crippen LogP contribution in [0.5, 0.6) is 0 Å². The average Bonchev–Trinajstić information content (AvgIpc) is 2.14. The Labute approximate surface area is 78.3 Å². The van der Waals surface area contributed by atoms with Crippen LogP contribution in [0.1, 0.15) is 28.8 Å². The van der Waals surface area contributed by atoms with Gasteiger partial charge in [0.1, 0.15) is 0 Å². The number of hydrogen-bond acceptors (Lipinski definition) is 2. The lowest BCUT2D eigenvalue weighted by atomic mass is 10.1. The van der Waals surface area contributed by atoms with Crippen LogP contribution in [-0.2, 0) is 0 Å². The predicted octanol–water partition coefficient (Wildman–Crippen LogP) is 2.54. The summed E-state index contributed by atoms with van der Waals surface area (Å²) in [5.41, 5.74) is 1.71. The van der Waals surface area contributed by atoms with Crippen LogP contribution in [-0.4, -0.2) is 10.8 Å². The Morgan fingerprint density at radius 2 is 2.38 bits per heavy atom. The third kappa shape index (κ3) is 2.82. The summed E-state index contributed by atoms with van der Waals surface area (Å²) in [6, 6.07) is 1.86. The van der Waals surface area contributed by atoms with Crippen LogP contribution in [0.25, 0.3) is 0 Å². The number of aromatic nitrogens is 1. The van der Waals surface area contributed by atoms with Crippen LogP contribution >= 0.6 is 0 Å². The molecular formula is C11H13NO. The number of nitrogens with zero attached hydrogens (tertiary/aromatic N) is 1. The summed E-state index contributed by atoms with van der Waals surface area (Å²) in [4.78, 5) is 15.4. The molecule has 0 aliphatic heterocycles. The summed E-state index contributed by atoms with van der Waals surface area (Å²) in [5, 5.41) is 0. The number of Topliss-reactive ketones (excluding diaryl/α,β-unsaturated/α-hetero) is 1. The van der Waals surface area contributed by atoms with E-state index in [1.54, 1.807) is 18.5 Å². The van der Waals surface area contributed by atoms with E-state index in [-0.39, 0.29) is 5.78 Å². The van der Waals surface area contributed by atoms with Crippen molar-refractivity contribution < 1.29 is 4.79 Å². The average molecular weight is 175 g/mol. The van der Waals surface area contributed by atoms with E-state index in [1.165, 1.54) is 0 Å². The fourth-order valence-corrected chi connectivity index (χ4v) is 1.08. The Bertz CT molecular complexity index is 318. The third-order valence-electron chi connectivity index (χ3n) is 1.77. The fraction of sp³-hybridized carbons (Fsp3) is 0.273. The maximum Gasteiger partial charge on any atom is 0.164 e. The van der Waals surface area contributed by atoms with Gasteiger partial charge in [0.05, 0.1) is 0 Å². The van der Waals surface area contributed by atoms with E-state index < -0.39 is 0 Å². The highest BCUT2D eigenvalue weighted by molar-refractivity contribution is 5.95. The molecule has 1 rings (SSSR count). The van der Waals surface area contributed by atoms with E-state index in [2.05, 4.69) is 11.6 Å². The molecule has 0 spiro atoms. The minimum Gasteiger partial charge on any atom is -0.294 e. The molecule has 0 atom stereocenters. The lowest BCUT2D eigenvalue weighted by molar-refractivity contribution is 0.0983. The summed E-state index contributed by atoms with van der Waals surface area (Å²) in [7, 11) is 0. The number of hydrogen-bond donors (Lipinski definition) is 0. The monoisotopic (exact) mass is 175 g/mol. The van der Waals surface area contributed by atoms with Crippen molar-refractivity contribution in [2.24, 2.45) is 0 Å². The number of pyridine rings is 1. The van der Waals surface area contributed by atoms with Gasteiger partial charge >= 0.3 is 0 Å². The van der Waals surface area contributed by atoms with Crippen LogP contribution < -0.4 is 0 Å². The second-order valence-electron chi connectivity index (χ2n) is 3.00. The molecule has 0 saturated heterocycles. The van der Waals surface area contributed by atoms with E-state index in [1.807, 2.05) is 13.0 Å². The number of ketones is 1. The first-order chi connectivity index (χ1) is 6.24. The molecule has 0 amide bonds. The minimum atomic E-state index is 0.135. The molecule has 1 aromatic heterocycles. The number of aryl methyl sites for hydroxylation is 1. The number of carbonyl (C=O) groups excluding carboxylic acids is 1. The predicted molar refractivity (Wildman–Crippen MR) is 52.7 cm³/mol. The van der Waals surface area contributed by atoms with Gasteiger partial charge in [-0.2, -0.15) is 0 Å². The summed E-state index contributed by atoms with van der Waals surface area (Å²) >= 11 is 0. The molecule has 2 nitrogen and oxygen atoms in total. The molecule has 68 valence electrons. The first-order valence-electron chi connectivity index (χ1n) is 4.30. The van der Waals surface area contributed by atoms with Gasteiger partial charge in [-0.3, -0.25) is 9.78 Å². The van der Waals surface area contributed by atoms with Crippen LogP contribution in [0.3, 0.4) is 0 Å². The lowest BCUT2D eigenvalue weighted by Gasteiger charge is -1.98. The van der Waals surface area contributed by atoms with Gasteiger partial charge < -0.3 is 0 Å². The van der Waals surface area contributed by atoms with Crippen molar-refractivity contribution in [3.05, 3.63) is 42.2 Å². The van der Waals surface area contributed by atoms with Crippen LogP contribution in [0, 0.1) is 6.92 Å². The summed E-state index contributed by atoms with van der Waals surface area (Å²) in [5.74, 6) is 0.135. The van der Waals surface area contributed by atoms with E-state index in [9.17, 15) is 4.79 Å². The molecule has 0 fully saturated rings. The Balaban J connectivity index is 2.71. The van der Waals surface area contributed by atoms with E-state index in [4.69, 9.17) is 0 Å². The summed E-state index contributed by atoms with van der Waals surface area (Å²) in [6.45, 7) is 5.50. The van der Waals surface area contributed by atoms with E-state index in [0.29, 0.717) is 12.0 Å². The smallest absolute Gasteiger partial charge is 0.164 e. The lowest BCUT2D eigenvalue weighted by Crippen LogP contribution is -1.99. The zero-order valence-corrected chi connectivity index (χ0v) is 7.79. The number of allylic oxidation sites excluding steroid dienone is 1. The molecule has 0 bridgehead atoms. The van der Waals surface area contributed by atoms with E-state index in [0.717, 1.165) is 12.0 Å². The number of rotatable bonds is 4. The summed E-state index contributed by atoms with van der Waals surface area (Å²) < 4.78 is 0. The SMILES string of the molecule is C=CCCC(=O)c1cncc(C)c1. The molecule has 0 aliphatic carbocycles. The van der Waals surface area contributed by atoms with Crippen molar-refractivity contribution in [1.82, 2.24) is 4.98 Å². The molecule has 13 heavy (non-hydrogen) atoms. The first kappa shape index (κ1) is 9.65. The topological polar surface area (TPSA) is 30.0 Å². The molecular weight excluding hydrogens is 162 g/mol. The Kier molecular flexibility index (Phi) is 3.38. The Hall–Kier alpha value is -1.44. The zero-order valence-electron chi connectivity index (χ0n) is 7.79. The van der Waals surface area contributed by atoms with Gasteiger partial charge in [0, 0.05) is 24.4 Å². The fourth-order valence-electron chi connectivity index (χ4n) is 1.08. The molecule has 0 aromatic carbocycles. The van der Waals surface area contributed by atoms with Crippen molar-refractivity contribution in [1.29, 1.82) is 0 Å². The molecule has 0 radical (unpaired) electrons. The standard InChI is InChI=1S/C11H13NO/c1-3-4-5-11(13)10-6-9(2)7-12-8-10/h3,6-8H,1,4-5H2,2H3. The van der Waals surface area contributed by atoms with E-state index >= 15 is 0 Å². The Morgan fingerprint density at radius 3 is 3.00 bits per heavy atom. The first-order valence-corrected chi connectivity index (χ1v) is 4.30. The molecule has 0 N–H and O–H groups in total. The highest BCUT2D eigenvalue weighted by Crippen LogP contribution is 2.06. The quantitative estimate of drug-likeness (QED) is 0.520. The van der Waals surface area contributed by atoms with Gasteiger partial charge in [0.25, 0.3) is 0 Å². The molecule has 0 unspecified atom stereocenters. The molecule has 0 aliphatic rings. The van der Waals surface area contributed by atoms with Crippen molar-refractivity contribution >= 4 is 5.78 Å². The molecule has 0 saturated carbocycles. The largest absolute Gasteiger partial charge is 0.294 e.